The minimum atomic E-state index is 0. The van der Waals surface area contributed by atoms with Crippen molar-refractivity contribution in [2.45, 2.75) is 32.7 Å². The van der Waals surface area contributed by atoms with Crippen LogP contribution >= 0.6 is 36.2 Å². The van der Waals surface area contributed by atoms with Crippen molar-refractivity contribution < 1.29 is 0 Å². The lowest BCUT2D eigenvalue weighted by Crippen LogP contribution is -2.33. The molecule has 0 unspecified atom stereocenters. The monoisotopic (exact) mass is 283 g/mol. The van der Waals surface area contributed by atoms with Gasteiger partial charge in [-0.2, -0.15) is 0 Å². The molecule has 0 aliphatic carbocycles. The van der Waals surface area contributed by atoms with Crippen LogP contribution in [0.2, 0.25) is 0 Å². The maximum Gasteiger partial charge on any atom is 0.180 e. The number of nitrogens with zero attached hydrogens (tertiary/aromatic N) is 2. The summed E-state index contributed by atoms with van der Waals surface area (Å²) in [5.74, 6) is 0. The average molecular weight is 284 g/mol. The van der Waals surface area contributed by atoms with Crippen LogP contribution in [-0.2, 0) is 12.8 Å². The smallest absolute Gasteiger partial charge is 0.180 e. The SMILES string of the molecule is CC(C)N1CCc2nc(N)sc2CC1.Cl.Cl. The number of hydrogen-bond donors (Lipinski definition) is 1. The Morgan fingerprint density at radius 3 is 2.50 bits per heavy atom. The summed E-state index contributed by atoms with van der Waals surface area (Å²) in [6.45, 7) is 6.77. The van der Waals surface area contributed by atoms with Gasteiger partial charge < -0.3 is 10.6 Å². The van der Waals surface area contributed by atoms with Crippen LogP contribution in [0.15, 0.2) is 0 Å². The maximum atomic E-state index is 5.70. The molecule has 0 radical (unpaired) electrons. The summed E-state index contributed by atoms with van der Waals surface area (Å²) in [4.78, 5) is 8.27. The standard InChI is InChI=1S/C10H17N3S.2ClH/c1-7(2)13-5-3-8-9(4-6-13)14-10(11)12-8;;/h7H,3-6H2,1-2H3,(H2,11,12);2*1H. The average Bonchev–Trinajstić information content (AvgIpc) is 2.34. The second-order valence-corrected chi connectivity index (χ2v) is 5.17. The molecule has 0 bridgehead atoms. The van der Waals surface area contributed by atoms with E-state index in [0.717, 1.165) is 31.1 Å². The second-order valence-electron chi connectivity index (χ2n) is 4.05. The predicted octanol–water partition coefficient (Wildman–Crippen LogP) is 2.38. The van der Waals surface area contributed by atoms with Gasteiger partial charge >= 0.3 is 0 Å². The fourth-order valence-corrected chi connectivity index (χ4v) is 2.78. The lowest BCUT2D eigenvalue weighted by Gasteiger charge is -2.23. The number of halogens is 2. The van der Waals surface area contributed by atoms with E-state index < -0.39 is 0 Å². The van der Waals surface area contributed by atoms with Crippen molar-refractivity contribution in [1.82, 2.24) is 9.88 Å². The first-order valence-corrected chi connectivity index (χ1v) is 5.96. The van der Waals surface area contributed by atoms with Gasteiger partial charge in [-0.05, 0) is 20.3 Å². The highest BCUT2D eigenvalue weighted by Crippen LogP contribution is 2.24. The molecule has 0 amide bonds. The van der Waals surface area contributed by atoms with Crippen molar-refractivity contribution in [3.63, 3.8) is 0 Å². The van der Waals surface area contributed by atoms with E-state index in [2.05, 4.69) is 23.7 Å². The maximum absolute atomic E-state index is 5.70. The quantitative estimate of drug-likeness (QED) is 0.861. The van der Waals surface area contributed by atoms with Crippen LogP contribution in [-0.4, -0.2) is 29.0 Å². The molecule has 2 rings (SSSR count). The molecule has 0 spiro atoms. The zero-order chi connectivity index (χ0) is 10.1. The molecule has 0 aromatic carbocycles. The highest BCUT2D eigenvalue weighted by Gasteiger charge is 2.18. The van der Waals surface area contributed by atoms with Gasteiger partial charge in [0.15, 0.2) is 5.13 Å². The number of aromatic nitrogens is 1. The van der Waals surface area contributed by atoms with Crippen molar-refractivity contribution >= 4 is 41.3 Å². The van der Waals surface area contributed by atoms with Gasteiger partial charge in [-0.25, -0.2) is 4.98 Å². The van der Waals surface area contributed by atoms with Gasteiger partial charge in [0, 0.05) is 30.4 Å². The molecular weight excluding hydrogens is 265 g/mol. The van der Waals surface area contributed by atoms with Crippen molar-refractivity contribution in [2.75, 3.05) is 18.8 Å². The Hall–Kier alpha value is -0.0300. The Morgan fingerprint density at radius 2 is 1.88 bits per heavy atom. The number of thiazole rings is 1. The summed E-state index contributed by atoms with van der Waals surface area (Å²) >= 11 is 1.66. The van der Waals surface area contributed by atoms with Crippen LogP contribution in [0.3, 0.4) is 0 Å². The molecule has 94 valence electrons. The third-order valence-corrected chi connectivity index (χ3v) is 3.77. The van der Waals surface area contributed by atoms with Gasteiger partial charge in [0.2, 0.25) is 0 Å². The van der Waals surface area contributed by atoms with Gasteiger partial charge in [0.1, 0.15) is 0 Å². The summed E-state index contributed by atoms with van der Waals surface area (Å²) in [7, 11) is 0. The van der Waals surface area contributed by atoms with Crippen LogP contribution in [0.25, 0.3) is 0 Å². The zero-order valence-corrected chi connectivity index (χ0v) is 12.1. The Kier molecular flexibility index (Phi) is 6.63. The molecule has 1 aromatic rings. The van der Waals surface area contributed by atoms with Gasteiger partial charge in [0.05, 0.1) is 5.69 Å². The molecule has 0 saturated heterocycles. The minimum Gasteiger partial charge on any atom is -0.375 e. The molecule has 2 heterocycles. The fraction of sp³-hybridized carbons (Fsp3) is 0.700. The largest absolute Gasteiger partial charge is 0.375 e. The van der Waals surface area contributed by atoms with Crippen LogP contribution in [0.1, 0.15) is 24.4 Å². The number of rotatable bonds is 1. The van der Waals surface area contributed by atoms with Crippen LogP contribution < -0.4 is 5.73 Å². The first kappa shape index (κ1) is 16.0. The highest BCUT2D eigenvalue weighted by atomic mass is 35.5. The lowest BCUT2D eigenvalue weighted by molar-refractivity contribution is 0.233. The summed E-state index contributed by atoms with van der Waals surface area (Å²) in [6, 6.07) is 0.640. The van der Waals surface area contributed by atoms with Gasteiger partial charge in [0.25, 0.3) is 0 Å². The van der Waals surface area contributed by atoms with Crippen molar-refractivity contribution in [3.8, 4) is 0 Å². The molecule has 0 atom stereocenters. The van der Waals surface area contributed by atoms with E-state index in [9.17, 15) is 0 Å². The van der Waals surface area contributed by atoms with E-state index in [4.69, 9.17) is 5.73 Å². The van der Waals surface area contributed by atoms with E-state index in [1.165, 1.54) is 10.6 Å². The van der Waals surface area contributed by atoms with E-state index >= 15 is 0 Å². The molecule has 1 aliphatic rings. The number of nitrogens with two attached hydrogens (primary N) is 1. The molecule has 1 aliphatic heterocycles. The van der Waals surface area contributed by atoms with E-state index in [1.807, 2.05) is 0 Å². The minimum absolute atomic E-state index is 0. The Balaban J connectivity index is 0.00000112. The topological polar surface area (TPSA) is 42.2 Å². The second kappa shape index (κ2) is 6.64. The normalized spacial score (nSPS) is 15.9. The number of anilines is 1. The summed E-state index contributed by atoms with van der Waals surface area (Å²) in [5.41, 5.74) is 6.93. The fourth-order valence-electron chi connectivity index (χ4n) is 1.92. The van der Waals surface area contributed by atoms with Crippen molar-refractivity contribution in [2.24, 2.45) is 0 Å². The molecule has 6 heteroatoms. The first-order chi connectivity index (χ1) is 6.66. The zero-order valence-electron chi connectivity index (χ0n) is 9.60. The van der Waals surface area contributed by atoms with Gasteiger partial charge in [-0.15, -0.1) is 36.2 Å². The van der Waals surface area contributed by atoms with Crippen LogP contribution in [0.4, 0.5) is 5.13 Å². The van der Waals surface area contributed by atoms with E-state index in [0.29, 0.717) is 6.04 Å². The highest BCUT2D eigenvalue weighted by molar-refractivity contribution is 7.15. The summed E-state index contributed by atoms with van der Waals surface area (Å²) < 4.78 is 0. The molecule has 0 saturated carbocycles. The Labute approximate surface area is 113 Å². The third kappa shape index (κ3) is 3.48. The molecule has 3 nitrogen and oxygen atoms in total. The number of nitrogen functional groups attached to an aromatic ring is 1. The molecule has 0 fully saturated rings. The van der Waals surface area contributed by atoms with Crippen molar-refractivity contribution in [1.29, 1.82) is 0 Å². The van der Waals surface area contributed by atoms with Gasteiger partial charge in [-0.1, -0.05) is 0 Å². The predicted molar refractivity (Wildman–Crippen MR) is 75.1 cm³/mol. The molecule has 2 N–H and O–H groups in total. The molecule has 16 heavy (non-hydrogen) atoms. The number of fused-ring (bicyclic) bond motifs is 1. The van der Waals surface area contributed by atoms with E-state index in [1.54, 1.807) is 11.3 Å². The van der Waals surface area contributed by atoms with Gasteiger partial charge in [-0.3, -0.25) is 0 Å². The van der Waals surface area contributed by atoms with Crippen LogP contribution in [0, 0.1) is 0 Å². The van der Waals surface area contributed by atoms with E-state index in [-0.39, 0.29) is 24.8 Å². The first-order valence-electron chi connectivity index (χ1n) is 5.15. The molecule has 1 aromatic heterocycles. The van der Waals surface area contributed by atoms with Crippen molar-refractivity contribution in [3.05, 3.63) is 10.6 Å². The van der Waals surface area contributed by atoms with Crippen LogP contribution in [0.5, 0.6) is 0 Å². The third-order valence-electron chi connectivity index (χ3n) is 2.79. The summed E-state index contributed by atoms with van der Waals surface area (Å²) in [5, 5.41) is 0.730. The Morgan fingerprint density at radius 1 is 1.25 bits per heavy atom. The Bertz CT molecular complexity index is 302. The number of hydrogen-bond acceptors (Lipinski definition) is 4. The molecular formula is C10H19Cl2N3S. The summed E-state index contributed by atoms with van der Waals surface area (Å²) in [6.07, 6.45) is 2.17. The lowest BCUT2D eigenvalue weighted by atomic mass is 10.2.